The molecule has 0 atom stereocenters. The Morgan fingerprint density at radius 3 is 2.66 bits per heavy atom. The SMILES string of the molecule is COc1ccc(-c2noc(CN3CCN(C(=O)CCc4cccs4)CC3)n2)cc1. The average Bonchev–Trinajstić information content (AvgIpc) is 3.45. The van der Waals surface area contributed by atoms with Gasteiger partial charge in [-0.2, -0.15) is 4.98 Å². The third kappa shape index (κ3) is 5.02. The first-order valence-electron chi connectivity index (χ1n) is 9.71. The molecule has 0 N–H and O–H groups in total. The van der Waals surface area contributed by atoms with Gasteiger partial charge in [0.25, 0.3) is 0 Å². The standard InChI is InChI=1S/C21H24N4O3S/c1-27-17-6-4-16(5-7-17)21-22-19(28-23-21)15-24-10-12-25(13-11-24)20(26)9-8-18-3-2-14-29-18/h2-7,14H,8-13,15H2,1H3. The number of aromatic nitrogens is 2. The van der Waals surface area contributed by atoms with E-state index in [2.05, 4.69) is 26.5 Å². The number of ether oxygens (including phenoxy) is 1. The zero-order chi connectivity index (χ0) is 20.1. The van der Waals surface area contributed by atoms with Crippen molar-refractivity contribution in [3.63, 3.8) is 0 Å². The minimum Gasteiger partial charge on any atom is -0.497 e. The zero-order valence-electron chi connectivity index (χ0n) is 16.4. The smallest absolute Gasteiger partial charge is 0.241 e. The van der Waals surface area contributed by atoms with E-state index in [1.54, 1.807) is 18.4 Å². The van der Waals surface area contributed by atoms with Crippen LogP contribution in [0, 0.1) is 0 Å². The number of methoxy groups -OCH3 is 1. The van der Waals surface area contributed by atoms with Crippen molar-refractivity contribution >= 4 is 17.2 Å². The zero-order valence-corrected chi connectivity index (χ0v) is 17.2. The maximum absolute atomic E-state index is 12.4. The lowest BCUT2D eigenvalue weighted by molar-refractivity contribution is -0.133. The number of hydrogen-bond acceptors (Lipinski definition) is 7. The Morgan fingerprint density at radius 1 is 1.17 bits per heavy atom. The van der Waals surface area contributed by atoms with Crippen LogP contribution in [0.1, 0.15) is 17.2 Å². The number of nitrogens with zero attached hydrogens (tertiary/aromatic N) is 4. The van der Waals surface area contributed by atoms with Crippen LogP contribution in [-0.4, -0.2) is 59.1 Å². The Kier molecular flexibility index (Phi) is 6.21. The topological polar surface area (TPSA) is 71.7 Å². The molecule has 0 spiro atoms. The first-order chi connectivity index (χ1) is 14.2. The van der Waals surface area contributed by atoms with Gasteiger partial charge in [-0.25, -0.2) is 0 Å². The highest BCUT2D eigenvalue weighted by atomic mass is 32.1. The summed E-state index contributed by atoms with van der Waals surface area (Å²) < 4.78 is 10.6. The second kappa shape index (κ2) is 9.19. The normalized spacial score (nSPS) is 14.9. The van der Waals surface area contributed by atoms with Crippen molar-refractivity contribution < 1.29 is 14.1 Å². The van der Waals surface area contributed by atoms with Crippen molar-refractivity contribution in [1.29, 1.82) is 0 Å². The fourth-order valence-corrected chi connectivity index (χ4v) is 4.08. The van der Waals surface area contributed by atoms with Gasteiger partial charge < -0.3 is 14.2 Å². The Hall–Kier alpha value is -2.71. The lowest BCUT2D eigenvalue weighted by Crippen LogP contribution is -2.48. The molecule has 0 radical (unpaired) electrons. The minimum atomic E-state index is 0.234. The molecule has 152 valence electrons. The molecule has 0 aliphatic carbocycles. The van der Waals surface area contributed by atoms with E-state index >= 15 is 0 Å². The molecule has 3 aromatic rings. The molecule has 1 fully saturated rings. The summed E-state index contributed by atoms with van der Waals surface area (Å²) in [5.41, 5.74) is 0.891. The molecular formula is C21H24N4O3S. The van der Waals surface area contributed by atoms with Crippen LogP contribution >= 0.6 is 11.3 Å². The molecule has 29 heavy (non-hydrogen) atoms. The summed E-state index contributed by atoms with van der Waals surface area (Å²) in [7, 11) is 1.64. The Bertz CT molecular complexity index is 916. The van der Waals surface area contributed by atoms with E-state index in [1.165, 1.54) is 4.88 Å². The molecule has 1 aliphatic rings. The van der Waals surface area contributed by atoms with Crippen molar-refractivity contribution in [2.45, 2.75) is 19.4 Å². The summed E-state index contributed by atoms with van der Waals surface area (Å²) in [5, 5.41) is 6.13. The van der Waals surface area contributed by atoms with E-state index in [-0.39, 0.29) is 5.91 Å². The van der Waals surface area contributed by atoms with Gasteiger partial charge in [-0.15, -0.1) is 11.3 Å². The molecule has 8 heteroatoms. The molecule has 2 aromatic heterocycles. The van der Waals surface area contributed by atoms with Gasteiger partial charge in [0.1, 0.15) is 5.75 Å². The first-order valence-corrected chi connectivity index (χ1v) is 10.6. The summed E-state index contributed by atoms with van der Waals surface area (Å²) in [5.74, 6) is 2.19. The molecule has 7 nitrogen and oxygen atoms in total. The highest BCUT2D eigenvalue weighted by Crippen LogP contribution is 2.20. The number of hydrogen-bond donors (Lipinski definition) is 0. The van der Waals surface area contributed by atoms with Crippen LogP contribution in [0.4, 0.5) is 0 Å². The van der Waals surface area contributed by atoms with E-state index < -0.39 is 0 Å². The van der Waals surface area contributed by atoms with Gasteiger partial charge in [-0.05, 0) is 42.1 Å². The molecule has 1 amide bonds. The van der Waals surface area contributed by atoms with E-state index in [0.29, 0.717) is 24.7 Å². The largest absolute Gasteiger partial charge is 0.497 e. The molecule has 4 rings (SSSR count). The van der Waals surface area contributed by atoms with Crippen LogP contribution in [0.25, 0.3) is 11.4 Å². The molecular weight excluding hydrogens is 388 g/mol. The fourth-order valence-electron chi connectivity index (χ4n) is 3.37. The highest BCUT2D eigenvalue weighted by molar-refractivity contribution is 7.09. The molecule has 0 unspecified atom stereocenters. The third-order valence-corrected chi connectivity index (χ3v) is 6.00. The van der Waals surface area contributed by atoms with Crippen LogP contribution in [-0.2, 0) is 17.8 Å². The van der Waals surface area contributed by atoms with Crippen molar-refractivity contribution in [2.24, 2.45) is 0 Å². The van der Waals surface area contributed by atoms with Crippen LogP contribution in [0.2, 0.25) is 0 Å². The van der Waals surface area contributed by atoms with Gasteiger partial charge in [-0.1, -0.05) is 11.2 Å². The van der Waals surface area contributed by atoms with E-state index in [0.717, 1.165) is 43.9 Å². The van der Waals surface area contributed by atoms with Gasteiger partial charge in [-0.3, -0.25) is 9.69 Å². The van der Waals surface area contributed by atoms with Gasteiger partial charge in [0.2, 0.25) is 17.6 Å². The number of carbonyl (C=O) groups excluding carboxylic acids is 1. The van der Waals surface area contributed by atoms with Crippen molar-refractivity contribution in [1.82, 2.24) is 19.9 Å². The highest BCUT2D eigenvalue weighted by Gasteiger charge is 2.22. The molecule has 0 saturated carbocycles. The van der Waals surface area contributed by atoms with Crippen LogP contribution in [0.3, 0.4) is 0 Å². The maximum atomic E-state index is 12.4. The summed E-state index contributed by atoms with van der Waals surface area (Å²) >= 11 is 1.71. The Balaban J connectivity index is 1.25. The molecule has 1 aliphatic heterocycles. The van der Waals surface area contributed by atoms with Gasteiger partial charge >= 0.3 is 0 Å². The quantitative estimate of drug-likeness (QED) is 0.594. The monoisotopic (exact) mass is 412 g/mol. The number of carbonyl (C=O) groups is 1. The van der Waals surface area contributed by atoms with Crippen LogP contribution in [0.5, 0.6) is 5.75 Å². The van der Waals surface area contributed by atoms with Crippen molar-refractivity contribution in [2.75, 3.05) is 33.3 Å². The predicted molar refractivity (Wildman–Crippen MR) is 111 cm³/mol. The Morgan fingerprint density at radius 2 is 1.97 bits per heavy atom. The van der Waals surface area contributed by atoms with Gasteiger partial charge in [0.05, 0.1) is 13.7 Å². The van der Waals surface area contributed by atoms with Crippen LogP contribution in [0.15, 0.2) is 46.3 Å². The first kappa shape index (κ1) is 19.6. The Labute approximate surface area is 173 Å². The molecule has 3 heterocycles. The second-order valence-corrected chi connectivity index (χ2v) is 8.01. The number of piperazine rings is 1. The van der Waals surface area contributed by atoms with Crippen LogP contribution < -0.4 is 4.74 Å². The van der Waals surface area contributed by atoms with E-state index in [1.807, 2.05) is 35.2 Å². The van der Waals surface area contributed by atoms with Gasteiger partial charge in [0.15, 0.2) is 0 Å². The van der Waals surface area contributed by atoms with Gasteiger partial charge in [0, 0.05) is 43.0 Å². The van der Waals surface area contributed by atoms with Crippen molar-refractivity contribution in [3.05, 3.63) is 52.5 Å². The number of aryl methyl sites for hydroxylation is 1. The second-order valence-electron chi connectivity index (χ2n) is 6.98. The number of thiophene rings is 1. The summed E-state index contributed by atoms with van der Waals surface area (Å²) in [6, 6.07) is 11.7. The van der Waals surface area contributed by atoms with E-state index in [9.17, 15) is 4.79 Å². The van der Waals surface area contributed by atoms with E-state index in [4.69, 9.17) is 9.26 Å². The lowest BCUT2D eigenvalue weighted by atomic mass is 10.2. The maximum Gasteiger partial charge on any atom is 0.241 e. The lowest BCUT2D eigenvalue weighted by Gasteiger charge is -2.34. The molecule has 1 aromatic carbocycles. The average molecular weight is 413 g/mol. The molecule has 0 bridgehead atoms. The summed E-state index contributed by atoms with van der Waals surface area (Å²) in [6.07, 6.45) is 1.40. The van der Waals surface area contributed by atoms with Crippen molar-refractivity contribution in [3.8, 4) is 17.1 Å². The minimum absolute atomic E-state index is 0.234. The fraction of sp³-hybridized carbons (Fsp3) is 0.381. The third-order valence-electron chi connectivity index (χ3n) is 5.07. The summed E-state index contributed by atoms with van der Waals surface area (Å²) in [4.78, 5) is 22.4. The number of benzene rings is 1. The molecule has 1 saturated heterocycles. The summed E-state index contributed by atoms with van der Waals surface area (Å²) in [6.45, 7) is 3.70. The number of amides is 1. The predicted octanol–water partition coefficient (Wildman–Crippen LogP) is 3.08. The number of rotatable bonds is 7.